The van der Waals surface area contributed by atoms with Gasteiger partial charge in [-0.2, -0.15) is 0 Å². The molecular formula is C21H16N4O3. The third kappa shape index (κ3) is 3.73. The highest BCUT2D eigenvalue weighted by Crippen LogP contribution is 2.24. The van der Waals surface area contributed by atoms with Crippen molar-refractivity contribution in [1.29, 1.82) is 0 Å². The Kier molecular flexibility index (Phi) is 4.79. The van der Waals surface area contributed by atoms with Gasteiger partial charge in [-0.25, -0.2) is 9.78 Å². The van der Waals surface area contributed by atoms with Gasteiger partial charge >= 0.3 is 5.97 Å². The van der Waals surface area contributed by atoms with Gasteiger partial charge in [0.05, 0.1) is 28.5 Å². The number of hydrogen-bond acceptors (Lipinski definition) is 5. The Morgan fingerprint density at radius 1 is 1.00 bits per heavy atom. The van der Waals surface area contributed by atoms with Crippen LogP contribution in [0.5, 0.6) is 0 Å². The molecule has 0 aliphatic heterocycles. The molecule has 1 amide bonds. The standard InChI is InChI=1S/C21H16N4O3/c26-19(23-14-6-5-11-22-12-14)13-28-21(27)16-8-2-1-7-15(16)20-24-17-9-3-4-10-18(17)25-20/h1-12H,13H2,(H,23,26)(H,24,25). The van der Waals surface area contributed by atoms with Gasteiger partial charge in [-0.15, -0.1) is 0 Å². The van der Waals surface area contributed by atoms with Crippen LogP contribution in [0, 0.1) is 0 Å². The molecule has 2 aromatic heterocycles. The molecule has 0 fully saturated rings. The van der Waals surface area contributed by atoms with Crippen molar-refractivity contribution in [2.45, 2.75) is 0 Å². The fourth-order valence-electron chi connectivity index (χ4n) is 2.79. The number of hydrogen-bond donors (Lipinski definition) is 2. The van der Waals surface area contributed by atoms with Crippen LogP contribution >= 0.6 is 0 Å². The minimum absolute atomic E-state index is 0.329. The third-order valence-electron chi connectivity index (χ3n) is 4.07. The van der Waals surface area contributed by atoms with Gasteiger partial charge in [0.15, 0.2) is 6.61 Å². The van der Waals surface area contributed by atoms with Gasteiger partial charge in [-0.1, -0.05) is 30.3 Å². The first-order chi connectivity index (χ1) is 13.7. The van der Waals surface area contributed by atoms with E-state index in [2.05, 4.69) is 20.3 Å². The minimum Gasteiger partial charge on any atom is -0.452 e. The molecule has 0 saturated heterocycles. The molecule has 2 heterocycles. The Morgan fingerprint density at radius 2 is 1.82 bits per heavy atom. The largest absolute Gasteiger partial charge is 0.452 e. The first kappa shape index (κ1) is 17.4. The number of H-pyrrole nitrogens is 1. The summed E-state index contributed by atoms with van der Waals surface area (Å²) in [7, 11) is 0. The Labute approximate surface area is 160 Å². The van der Waals surface area contributed by atoms with Gasteiger partial charge in [-0.05, 0) is 30.3 Å². The van der Waals surface area contributed by atoms with E-state index in [1.807, 2.05) is 30.3 Å². The van der Waals surface area contributed by atoms with E-state index in [1.165, 1.54) is 6.20 Å². The van der Waals surface area contributed by atoms with E-state index in [0.29, 0.717) is 22.6 Å². The van der Waals surface area contributed by atoms with E-state index in [-0.39, 0.29) is 0 Å². The summed E-state index contributed by atoms with van der Waals surface area (Å²) in [6.45, 7) is -0.401. The van der Waals surface area contributed by atoms with Gasteiger partial charge in [0.2, 0.25) is 0 Å². The molecule has 4 rings (SSSR count). The fourth-order valence-corrected chi connectivity index (χ4v) is 2.79. The van der Waals surface area contributed by atoms with Crippen molar-refractivity contribution in [2.24, 2.45) is 0 Å². The highest BCUT2D eigenvalue weighted by atomic mass is 16.5. The van der Waals surface area contributed by atoms with Crippen LogP contribution in [0.25, 0.3) is 22.4 Å². The monoisotopic (exact) mass is 372 g/mol. The van der Waals surface area contributed by atoms with Crippen molar-refractivity contribution in [1.82, 2.24) is 15.0 Å². The highest BCUT2D eigenvalue weighted by molar-refractivity contribution is 5.99. The quantitative estimate of drug-likeness (QED) is 0.523. The lowest BCUT2D eigenvalue weighted by molar-refractivity contribution is -0.119. The molecule has 0 bridgehead atoms. The lowest BCUT2D eigenvalue weighted by Crippen LogP contribution is -2.21. The molecule has 28 heavy (non-hydrogen) atoms. The summed E-state index contributed by atoms with van der Waals surface area (Å²) in [6.07, 6.45) is 3.11. The van der Waals surface area contributed by atoms with Gasteiger partial charge in [0.25, 0.3) is 5.91 Å². The van der Waals surface area contributed by atoms with E-state index >= 15 is 0 Å². The normalized spacial score (nSPS) is 10.6. The number of rotatable bonds is 5. The number of esters is 1. The second-order valence-electron chi connectivity index (χ2n) is 6.01. The lowest BCUT2D eigenvalue weighted by atomic mass is 10.1. The van der Waals surface area contributed by atoms with Crippen molar-refractivity contribution in [2.75, 3.05) is 11.9 Å². The Morgan fingerprint density at radius 3 is 2.64 bits per heavy atom. The van der Waals surface area contributed by atoms with Gasteiger partial charge in [0.1, 0.15) is 5.82 Å². The van der Waals surface area contributed by atoms with Gasteiger partial charge in [-0.3, -0.25) is 9.78 Å². The van der Waals surface area contributed by atoms with E-state index in [9.17, 15) is 9.59 Å². The van der Waals surface area contributed by atoms with Crippen LogP contribution in [0.2, 0.25) is 0 Å². The maximum absolute atomic E-state index is 12.6. The minimum atomic E-state index is -0.600. The van der Waals surface area contributed by atoms with Crippen LogP contribution in [-0.2, 0) is 9.53 Å². The number of imidazole rings is 1. The Hall–Kier alpha value is -4.00. The van der Waals surface area contributed by atoms with E-state index in [0.717, 1.165) is 11.0 Å². The zero-order chi connectivity index (χ0) is 19.3. The third-order valence-corrected chi connectivity index (χ3v) is 4.07. The molecule has 2 N–H and O–H groups in total. The van der Waals surface area contributed by atoms with Crippen LogP contribution in [-0.4, -0.2) is 33.4 Å². The average Bonchev–Trinajstić information content (AvgIpc) is 3.17. The number of nitrogens with zero attached hydrogens (tertiary/aromatic N) is 2. The number of nitrogens with one attached hydrogen (secondary N) is 2. The molecular weight excluding hydrogens is 356 g/mol. The molecule has 2 aromatic carbocycles. The van der Waals surface area contributed by atoms with Crippen molar-refractivity contribution in [3.05, 3.63) is 78.6 Å². The van der Waals surface area contributed by atoms with Crippen molar-refractivity contribution in [3.8, 4) is 11.4 Å². The van der Waals surface area contributed by atoms with Crippen LogP contribution < -0.4 is 5.32 Å². The number of ether oxygens (including phenoxy) is 1. The number of aromatic nitrogens is 3. The van der Waals surface area contributed by atoms with Crippen LogP contribution in [0.4, 0.5) is 5.69 Å². The number of carbonyl (C=O) groups is 2. The first-order valence-electron chi connectivity index (χ1n) is 8.62. The Balaban J connectivity index is 1.50. The molecule has 0 spiro atoms. The molecule has 0 atom stereocenters. The zero-order valence-corrected chi connectivity index (χ0v) is 14.8. The average molecular weight is 372 g/mol. The van der Waals surface area contributed by atoms with Crippen molar-refractivity contribution >= 4 is 28.6 Å². The van der Waals surface area contributed by atoms with E-state index in [4.69, 9.17) is 4.74 Å². The summed E-state index contributed by atoms with van der Waals surface area (Å²) >= 11 is 0. The predicted molar refractivity (Wildman–Crippen MR) is 105 cm³/mol. The number of aromatic amines is 1. The SMILES string of the molecule is O=C(COC(=O)c1ccccc1-c1nc2ccccc2[nH]1)Nc1cccnc1. The summed E-state index contributed by atoms with van der Waals surface area (Å²) < 4.78 is 5.19. The van der Waals surface area contributed by atoms with Gasteiger partial charge < -0.3 is 15.0 Å². The molecule has 7 heteroatoms. The van der Waals surface area contributed by atoms with Crippen LogP contribution in [0.15, 0.2) is 73.1 Å². The van der Waals surface area contributed by atoms with Crippen LogP contribution in [0.1, 0.15) is 10.4 Å². The molecule has 0 aliphatic carbocycles. The second kappa shape index (κ2) is 7.71. The van der Waals surface area contributed by atoms with Gasteiger partial charge in [0, 0.05) is 11.8 Å². The van der Waals surface area contributed by atoms with Crippen molar-refractivity contribution < 1.29 is 14.3 Å². The number of pyridine rings is 1. The second-order valence-corrected chi connectivity index (χ2v) is 6.01. The topological polar surface area (TPSA) is 97.0 Å². The number of fused-ring (bicyclic) bond motifs is 1. The molecule has 0 radical (unpaired) electrons. The zero-order valence-electron chi connectivity index (χ0n) is 14.8. The summed E-state index contributed by atoms with van der Waals surface area (Å²) in [5, 5.41) is 2.62. The lowest BCUT2D eigenvalue weighted by Gasteiger charge is -2.08. The van der Waals surface area contributed by atoms with E-state index < -0.39 is 18.5 Å². The number of carbonyl (C=O) groups excluding carboxylic acids is 2. The molecule has 4 aromatic rings. The van der Waals surface area contributed by atoms with Crippen LogP contribution in [0.3, 0.4) is 0 Å². The summed E-state index contributed by atoms with van der Waals surface area (Å²) in [4.78, 5) is 36.2. The summed E-state index contributed by atoms with van der Waals surface area (Å²) in [5.74, 6) is -0.478. The molecule has 0 saturated carbocycles. The summed E-state index contributed by atoms with van der Waals surface area (Å²) in [6, 6.07) is 18.0. The number of benzene rings is 2. The summed E-state index contributed by atoms with van der Waals surface area (Å²) in [5.41, 5.74) is 3.14. The molecule has 7 nitrogen and oxygen atoms in total. The molecule has 138 valence electrons. The van der Waals surface area contributed by atoms with Crippen molar-refractivity contribution in [3.63, 3.8) is 0 Å². The first-order valence-corrected chi connectivity index (χ1v) is 8.62. The number of anilines is 1. The fraction of sp³-hybridized carbons (Fsp3) is 0.0476. The van der Waals surface area contributed by atoms with E-state index in [1.54, 1.807) is 36.5 Å². The maximum Gasteiger partial charge on any atom is 0.339 e. The highest BCUT2D eigenvalue weighted by Gasteiger charge is 2.17. The molecule has 0 aliphatic rings. The number of para-hydroxylation sites is 2. The Bertz CT molecular complexity index is 1110. The maximum atomic E-state index is 12.6. The molecule has 0 unspecified atom stereocenters. The number of amides is 1. The smallest absolute Gasteiger partial charge is 0.339 e. The predicted octanol–water partition coefficient (Wildman–Crippen LogP) is 3.42.